The zero-order chi connectivity index (χ0) is 24.9. The molecule has 8 heteroatoms. The summed E-state index contributed by atoms with van der Waals surface area (Å²) in [6.07, 6.45) is 3.26. The smallest absolute Gasteiger partial charge is 0.246 e. The van der Waals surface area contributed by atoms with Crippen LogP contribution in [0.25, 0.3) is 22.2 Å². The van der Waals surface area contributed by atoms with Gasteiger partial charge in [0, 0.05) is 23.2 Å². The van der Waals surface area contributed by atoms with Gasteiger partial charge in [-0.05, 0) is 111 Å². The third-order valence-electron chi connectivity index (χ3n) is 6.59. The highest BCUT2D eigenvalue weighted by molar-refractivity contribution is 7.08. The second-order valence-electron chi connectivity index (χ2n) is 9.55. The van der Waals surface area contributed by atoms with Gasteiger partial charge in [-0.3, -0.25) is 14.8 Å². The van der Waals surface area contributed by atoms with Gasteiger partial charge >= 0.3 is 0 Å². The Morgan fingerprint density at radius 3 is 2.69 bits per heavy atom. The minimum Gasteiger partial charge on any atom is -0.494 e. The molecule has 1 aliphatic rings. The van der Waals surface area contributed by atoms with Gasteiger partial charge < -0.3 is 15.0 Å². The van der Waals surface area contributed by atoms with E-state index in [9.17, 15) is 4.79 Å². The standard InChI is InChI=1S/C28H33N5O2S/c1-32(2)13-5-16-35-23-9-6-20(7-10-23)26-24-18-22(8-11-25(24)30-31-26)29-28(34)27(21-12-17-36-19-21)33-14-3-4-15-33/h6-12,17-19,27H,3-5,13-16H2,1-2H3,(H,29,34)(H,30,31). The molecule has 1 unspecified atom stereocenters. The SMILES string of the molecule is CN(C)CCCOc1ccc(-c2n[nH]c3ccc(NC(=O)C(c4ccsc4)N4CCCC4)cc23)cc1. The quantitative estimate of drug-likeness (QED) is 0.284. The third-order valence-corrected chi connectivity index (χ3v) is 7.29. The van der Waals surface area contributed by atoms with Crippen molar-refractivity contribution >= 4 is 33.8 Å². The van der Waals surface area contributed by atoms with Crippen LogP contribution in [0.1, 0.15) is 30.9 Å². The minimum absolute atomic E-state index is 0.00969. The van der Waals surface area contributed by atoms with Crippen LogP contribution in [0.2, 0.25) is 0 Å². The Balaban J connectivity index is 1.32. The van der Waals surface area contributed by atoms with Crippen molar-refractivity contribution in [2.24, 2.45) is 0 Å². The number of anilines is 1. The Morgan fingerprint density at radius 1 is 1.17 bits per heavy atom. The molecule has 0 saturated carbocycles. The van der Waals surface area contributed by atoms with Crippen LogP contribution >= 0.6 is 11.3 Å². The van der Waals surface area contributed by atoms with Crippen LogP contribution in [0.4, 0.5) is 5.69 Å². The molecule has 36 heavy (non-hydrogen) atoms. The number of benzene rings is 2. The first-order chi connectivity index (χ1) is 17.6. The van der Waals surface area contributed by atoms with Crippen molar-refractivity contribution in [1.82, 2.24) is 20.0 Å². The Morgan fingerprint density at radius 2 is 1.97 bits per heavy atom. The summed E-state index contributed by atoms with van der Waals surface area (Å²) in [6.45, 7) is 3.60. The van der Waals surface area contributed by atoms with Gasteiger partial charge in [-0.1, -0.05) is 0 Å². The van der Waals surface area contributed by atoms with E-state index in [1.807, 2.05) is 47.8 Å². The molecule has 1 atom stereocenters. The molecule has 4 aromatic rings. The first-order valence-corrected chi connectivity index (χ1v) is 13.5. The van der Waals surface area contributed by atoms with E-state index in [0.29, 0.717) is 6.61 Å². The molecule has 0 aliphatic carbocycles. The molecule has 3 heterocycles. The van der Waals surface area contributed by atoms with Crippen LogP contribution in [-0.2, 0) is 4.79 Å². The highest BCUT2D eigenvalue weighted by atomic mass is 32.1. The number of thiophene rings is 1. The number of aromatic nitrogens is 2. The first-order valence-electron chi connectivity index (χ1n) is 12.5. The van der Waals surface area contributed by atoms with Crippen molar-refractivity contribution in [2.45, 2.75) is 25.3 Å². The summed E-state index contributed by atoms with van der Waals surface area (Å²) in [7, 11) is 4.13. The van der Waals surface area contributed by atoms with E-state index in [0.717, 1.165) is 78.1 Å². The molecule has 7 nitrogen and oxygen atoms in total. The summed E-state index contributed by atoms with van der Waals surface area (Å²) < 4.78 is 5.87. The largest absolute Gasteiger partial charge is 0.494 e. The second-order valence-corrected chi connectivity index (χ2v) is 10.3. The number of likely N-dealkylation sites (tertiary alicyclic amines) is 1. The number of ether oxygens (including phenoxy) is 1. The maximum Gasteiger partial charge on any atom is 0.246 e. The molecule has 1 fully saturated rings. The van der Waals surface area contributed by atoms with Crippen LogP contribution in [0.5, 0.6) is 5.75 Å². The zero-order valence-corrected chi connectivity index (χ0v) is 21.7. The lowest BCUT2D eigenvalue weighted by Crippen LogP contribution is -2.35. The average molecular weight is 504 g/mol. The van der Waals surface area contributed by atoms with Crippen LogP contribution in [0.15, 0.2) is 59.3 Å². The number of hydrogen-bond acceptors (Lipinski definition) is 6. The number of nitrogens with one attached hydrogen (secondary N) is 2. The molecular formula is C28H33N5O2S. The summed E-state index contributed by atoms with van der Waals surface area (Å²) in [5.74, 6) is 0.863. The van der Waals surface area contributed by atoms with E-state index < -0.39 is 0 Å². The summed E-state index contributed by atoms with van der Waals surface area (Å²) in [5, 5.41) is 15.9. The van der Waals surface area contributed by atoms with E-state index in [2.05, 4.69) is 50.9 Å². The van der Waals surface area contributed by atoms with Crippen molar-refractivity contribution in [3.63, 3.8) is 0 Å². The zero-order valence-electron chi connectivity index (χ0n) is 20.9. The number of hydrogen-bond donors (Lipinski definition) is 2. The Labute approximate surface area is 216 Å². The minimum atomic E-state index is -0.261. The number of nitrogens with zero attached hydrogens (tertiary/aromatic N) is 3. The fourth-order valence-corrected chi connectivity index (χ4v) is 5.44. The monoisotopic (exact) mass is 503 g/mol. The first kappa shape index (κ1) is 24.5. The molecule has 1 saturated heterocycles. The number of carbonyl (C=O) groups excluding carboxylic acids is 1. The molecule has 1 amide bonds. The summed E-state index contributed by atoms with van der Waals surface area (Å²) in [5.41, 5.74) is 4.62. The van der Waals surface area contributed by atoms with Gasteiger partial charge in [0.1, 0.15) is 11.8 Å². The third kappa shape index (κ3) is 5.61. The summed E-state index contributed by atoms with van der Waals surface area (Å²) in [4.78, 5) is 17.9. The Bertz CT molecular complexity index is 1280. The number of amides is 1. The molecular weight excluding hydrogens is 470 g/mol. The van der Waals surface area contributed by atoms with E-state index in [1.54, 1.807) is 11.3 Å². The van der Waals surface area contributed by atoms with Crippen molar-refractivity contribution in [3.05, 3.63) is 64.9 Å². The average Bonchev–Trinajstić information content (AvgIpc) is 3.65. The molecule has 0 bridgehead atoms. The fraction of sp³-hybridized carbons (Fsp3) is 0.357. The molecule has 188 valence electrons. The van der Waals surface area contributed by atoms with E-state index >= 15 is 0 Å². The lowest BCUT2D eigenvalue weighted by atomic mass is 10.1. The van der Waals surface area contributed by atoms with Crippen molar-refractivity contribution in [2.75, 3.05) is 45.7 Å². The topological polar surface area (TPSA) is 73.5 Å². The Kier molecular flexibility index (Phi) is 7.65. The van der Waals surface area contributed by atoms with Gasteiger partial charge in [0.25, 0.3) is 0 Å². The van der Waals surface area contributed by atoms with Crippen molar-refractivity contribution in [3.8, 4) is 17.0 Å². The van der Waals surface area contributed by atoms with Gasteiger partial charge in [0.05, 0.1) is 17.8 Å². The van der Waals surface area contributed by atoms with Crippen LogP contribution in [0, 0.1) is 0 Å². The summed E-state index contributed by atoms with van der Waals surface area (Å²) >= 11 is 1.63. The molecule has 0 radical (unpaired) electrons. The van der Waals surface area contributed by atoms with Gasteiger partial charge in [-0.25, -0.2) is 0 Å². The van der Waals surface area contributed by atoms with E-state index in [1.165, 1.54) is 0 Å². The van der Waals surface area contributed by atoms with Crippen molar-refractivity contribution < 1.29 is 9.53 Å². The number of carbonyl (C=O) groups is 1. The summed E-state index contributed by atoms with van der Waals surface area (Å²) in [6, 6.07) is 15.7. The Hall–Kier alpha value is -3.20. The number of H-pyrrole nitrogens is 1. The molecule has 2 N–H and O–H groups in total. The number of aromatic amines is 1. The van der Waals surface area contributed by atoms with E-state index in [4.69, 9.17) is 4.74 Å². The van der Waals surface area contributed by atoms with Gasteiger partial charge in [-0.15, -0.1) is 0 Å². The maximum absolute atomic E-state index is 13.4. The number of fused-ring (bicyclic) bond motifs is 1. The van der Waals surface area contributed by atoms with Crippen LogP contribution < -0.4 is 10.1 Å². The predicted octanol–water partition coefficient (Wildman–Crippen LogP) is 5.40. The van der Waals surface area contributed by atoms with Crippen molar-refractivity contribution in [1.29, 1.82) is 0 Å². The molecule has 2 aromatic carbocycles. The molecule has 1 aliphatic heterocycles. The molecule has 0 spiro atoms. The van der Waals surface area contributed by atoms with Gasteiger partial charge in [-0.2, -0.15) is 16.4 Å². The predicted molar refractivity (Wildman–Crippen MR) is 147 cm³/mol. The number of rotatable bonds is 10. The lowest BCUT2D eigenvalue weighted by molar-refractivity contribution is -0.121. The fourth-order valence-electron chi connectivity index (χ4n) is 4.76. The molecule has 5 rings (SSSR count). The highest BCUT2D eigenvalue weighted by Gasteiger charge is 2.30. The van der Waals surface area contributed by atoms with Crippen LogP contribution in [-0.4, -0.2) is 66.2 Å². The van der Waals surface area contributed by atoms with E-state index in [-0.39, 0.29) is 11.9 Å². The van der Waals surface area contributed by atoms with Crippen LogP contribution in [0.3, 0.4) is 0 Å². The molecule has 2 aromatic heterocycles. The maximum atomic E-state index is 13.4. The normalized spacial score (nSPS) is 15.0. The highest BCUT2D eigenvalue weighted by Crippen LogP contribution is 2.32. The lowest BCUT2D eigenvalue weighted by Gasteiger charge is -2.26. The van der Waals surface area contributed by atoms with Gasteiger partial charge in [0.2, 0.25) is 5.91 Å². The second kappa shape index (κ2) is 11.2. The van der Waals surface area contributed by atoms with Gasteiger partial charge in [0.15, 0.2) is 0 Å².